The number of likely N-dealkylation sites (N-methyl/N-ethyl adjacent to an activating group) is 2. The fourth-order valence-corrected chi connectivity index (χ4v) is 12.1. The molecule has 0 aliphatic carbocycles. The van der Waals surface area contributed by atoms with E-state index in [9.17, 15) is 19.2 Å². The van der Waals surface area contributed by atoms with E-state index < -0.39 is 58.6 Å². The molecule has 5 fully saturated rings. The van der Waals surface area contributed by atoms with Gasteiger partial charge >= 0.3 is 18.1 Å². The van der Waals surface area contributed by atoms with Crippen LogP contribution >= 0.6 is 0 Å². The maximum Gasteiger partial charge on any atom is 0.323 e. The lowest BCUT2D eigenvalue weighted by molar-refractivity contribution is -0.208. The average molecular weight is 1130 g/mol. The number of halogens is 2. The Morgan fingerprint density at radius 3 is 1.74 bits per heavy atom. The minimum atomic E-state index is -0.964. The first-order valence-electron chi connectivity index (χ1n) is 27.6. The van der Waals surface area contributed by atoms with Gasteiger partial charge in [0, 0.05) is 43.9 Å². The molecule has 7 aliphatic rings. The van der Waals surface area contributed by atoms with Crippen LogP contribution in [0.4, 0.5) is 47.3 Å². The second-order valence-corrected chi connectivity index (χ2v) is 22.9. The third kappa shape index (κ3) is 10.5. The van der Waals surface area contributed by atoms with Crippen LogP contribution in [0, 0.1) is 11.6 Å². The molecule has 0 radical (unpaired) electrons. The molecule has 4 N–H and O–H groups in total. The predicted octanol–water partition coefficient (Wildman–Crippen LogP) is 6.28. The lowest BCUT2D eigenvalue weighted by Gasteiger charge is -2.51. The Kier molecular flexibility index (Phi) is 14.0. The zero-order valence-corrected chi connectivity index (χ0v) is 46.5. The van der Waals surface area contributed by atoms with Crippen LogP contribution in [0.25, 0.3) is 22.5 Å². The molecule has 432 valence electrons. The fourth-order valence-electron chi connectivity index (χ4n) is 12.1. The molecular weight excluding hydrogens is 1070 g/mol. The molecule has 6 unspecified atom stereocenters. The summed E-state index contributed by atoms with van der Waals surface area (Å²) in [5.74, 6) is -1.62. The van der Waals surface area contributed by atoms with Gasteiger partial charge in [0.25, 0.3) is 11.8 Å². The van der Waals surface area contributed by atoms with E-state index in [0.717, 1.165) is 12.8 Å². The normalized spacial score (nSPS) is 24.9. The second kappa shape index (κ2) is 21.0. The van der Waals surface area contributed by atoms with E-state index in [4.69, 9.17) is 48.4 Å². The SMILES string of the molecule is CCN1CC(C)(C)Oc2nc(N3CC4CCC(C3)O4)nc(-c3ccc(NC(=O)NC4COC4C45CCC(CN(c6nc7c(c(-c8ccc(NC(=O)Nc9cnc(OC)nc9)c(F)c8)n6)C(=O)N(CC)CC(C)(C)O7)C4)O5)c(F)c3)c2C1=O. The Morgan fingerprint density at radius 2 is 1.23 bits per heavy atom. The number of ether oxygens (including phenoxy) is 6. The van der Waals surface area contributed by atoms with Gasteiger partial charge in [-0.15, -0.1) is 0 Å². The third-order valence-corrected chi connectivity index (χ3v) is 15.9. The number of rotatable bonds is 12. The summed E-state index contributed by atoms with van der Waals surface area (Å²) >= 11 is 0. The molecule has 6 amide bonds. The number of carbonyl (C=O) groups is 4. The number of nitrogens with zero attached hydrogens (tertiary/aromatic N) is 10. The van der Waals surface area contributed by atoms with Crippen molar-refractivity contribution in [1.29, 1.82) is 0 Å². The number of morpholine rings is 2. The number of hydrogen-bond donors (Lipinski definition) is 4. The number of anilines is 5. The molecule has 4 bridgehead atoms. The van der Waals surface area contributed by atoms with Crippen LogP contribution in [-0.4, -0.2) is 177 Å². The molecule has 2 aromatic carbocycles. The minimum absolute atomic E-state index is 0.0183. The van der Waals surface area contributed by atoms with Crippen LogP contribution in [0.1, 0.15) is 87.9 Å². The summed E-state index contributed by atoms with van der Waals surface area (Å²) < 4.78 is 69.5. The van der Waals surface area contributed by atoms with Crippen LogP contribution in [0.2, 0.25) is 0 Å². The lowest BCUT2D eigenvalue weighted by Crippen LogP contribution is -2.70. The number of methoxy groups -OCH3 is 1. The van der Waals surface area contributed by atoms with Crippen molar-refractivity contribution in [2.45, 2.75) is 114 Å². The average Bonchev–Trinajstić information content (AvgIpc) is 3.24. The highest BCUT2D eigenvalue weighted by atomic mass is 19.1. The summed E-state index contributed by atoms with van der Waals surface area (Å²) in [5.41, 5.74) is -1.64. The number of benzene rings is 2. The highest BCUT2D eigenvalue weighted by Gasteiger charge is 2.58. The topological polar surface area (TPSA) is 262 Å². The van der Waals surface area contributed by atoms with Crippen molar-refractivity contribution in [3.63, 3.8) is 0 Å². The zero-order valence-electron chi connectivity index (χ0n) is 46.5. The van der Waals surface area contributed by atoms with Gasteiger partial charge < -0.3 is 69.3 Å². The third-order valence-electron chi connectivity index (χ3n) is 15.9. The maximum atomic E-state index is 16.4. The summed E-state index contributed by atoms with van der Waals surface area (Å²) in [7, 11) is 1.41. The van der Waals surface area contributed by atoms with Crippen LogP contribution in [0.3, 0.4) is 0 Å². The Hall–Kier alpha value is -8.10. The number of urea groups is 2. The molecule has 10 heterocycles. The molecule has 82 heavy (non-hydrogen) atoms. The molecule has 6 atom stereocenters. The van der Waals surface area contributed by atoms with Crippen LogP contribution in [-0.2, 0) is 14.2 Å². The first-order chi connectivity index (χ1) is 39.3. The van der Waals surface area contributed by atoms with E-state index in [1.807, 2.05) is 51.3 Å². The Balaban J connectivity index is 0.780. The summed E-state index contributed by atoms with van der Waals surface area (Å²) in [4.78, 5) is 90.2. The van der Waals surface area contributed by atoms with Crippen LogP contribution < -0.4 is 45.3 Å². The fraction of sp³-hybridized carbons (Fsp3) is 0.500. The van der Waals surface area contributed by atoms with Crippen molar-refractivity contribution < 1.29 is 56.4 Å². The van der Waals surface area contributed by atoms with Gasteiger partial charge in [-0.2, -0.15) is 9.97 Å². The summed E-state index contributed by atoms with van der Waals surface area (Å²) in [5, 5.41) is 10.7. The molecule has 7 aliphatic heterocycles. The molecule has 5 aromatic rings. The van der Waals surface area contributed by atoms with E-state index in [-0.39, 0.29) is 113 Å². The van der Waals surface area contributed by atoms with Gasteiger partial charge in [0.2, 0.25) is 23.7 Å². The molecular formula is C56H64F2N14O10. The van der Waals surface area contributed by atoms with Crippen molar-refractivity contribution in [1.82, 2.24) is 45.0 Å². The van der Waals surface area contributed by atoms with Crippen LogP contribution in [0.15, 0.2) is 48.8 Å². The number of hydrogen-bond acceptors (Lipinski definition) is 18. The standard InChI is InChI=1S/C56H64F2N14O10/c1-8-69-26-54(3,4)81-45-40(47(69)73)42(65-49(67-45)71-22-32-12-13-33(23-71)79-32)29-11-15-38(36(58)18-29)63-52(76)64-39-25-78-44(39)56-17-16-34(80-56)24-72(28-56)50-66-43(41-46(68-50)82-55(5,6)27-70(9-2)48(41)74)30-10-14-37(35(57)19-30)62-51(75)61-31-20-59-53(77-7)60-21-31/h10-11,14-15,18-21,32-34,39,44H,8-9,12-13,16-17,22-28H2,1-7H3,(H2,61,62,75)(H2,63,64,76). The molecule has 0 spiro atoms. The van der Waals surface area contributed by atoms with Crippen molar-refractivity contribution in [2.75, 3.05) is 91.8 Å². The lowest BCUT2D eigenvalue weighted by atomic mass is 9.85. The van der Waals surface area contributed by atoms with Gasteiger partial charge in [-0.1, -0.05) is 12.1 Å². The van der Waals surface area contributed by atoms with E-state index in [1.54, 1.807) is 21.9 Å². The molecule has 26 heteroatoms. The number of carbonyl (C=O) groups excluding carboxylic acids is 4. The molecule has 0 saturated carbocycles. The van der Waals surface area contributed by atoms with Crippen LogP contribution in [0.5, 0.6) is 17.8 Å². The van der Waals surface area contributed by atoms with Crippen molar-refractivity contribution in [3.8, 4) is 40.3 Å². The summed E-state index contributed by atoms with van der Waals surface area (Å²) in [6.45, 7) is 14.3. The van der Waals surface area contributed by atoms with E-state index in [1.165, 1.54) is 43.8 Å². The van der Waals surface area contributed by atoms with Crippen molar-refractivity contribution >= 4 is 52.8 Å². The molecule has 12 rings (SSSR count). The monoisotopic (exact) mass is 1130 g/mol. The number of fused-ring (bicyclic) bond motifs is 6. The quantitative estimate of drug-likeness (QED) is 0.107. The highest BCUT2D eigenvalue weighted by molar-refractivity contribution is 6.04. The summed E-state index contributed by atoms with van der Waals surface area (Å²) in [6, 6.07) is 6.48. The zero-order chi connectivity index (χ0) is 57.4. The van der Waals surface area contributed by atoms with Gasteiger partial charge in [0.05, 0.1) is 98.5 Å². The van der Waals surface area contributed by atoms with Crippen molar-refractivity contribution in [2.24, 2.45) is 0 Å². The Morgan fingerprint density at radius 1 is 0.695 bits per heavy atom. The second-order valence-electron chi connectivity index (χ2n) is 22.9. The first kappa shape index (κ1) is 54.5. The predicted molar refractivity (Wildman–Crippen MR) is 293 cm³/mol. The van der Waals surface area contributed by atoms with Gasteiger partial charge in [-0.25, -0.2) is 38.3 Å². The smallest absolute Gasteiger partial charge is 0.323 e. The van der Waals surface area contributed by atoms with Gasteiger partial charge in [-0.05, 0) is 91.5 Å². The van der Waals surface area contributed by atoms with E-state index in [0.29, 0.717) is 63.6 Å². The van der Waals surface area contributed by atoms with E-state index >= 15 is 8.78 Å². The summed E-state index contributed by atoms with van der Waals surface area (Å²) in [6.07, 6.45) is 4.82. The van der Waals surface area contributed by atoms with Gasteiger partial charge in [-0.3, -0.25) is 9.59 Å². The Labute approximate surface area is 471 Å². The van der Waals surface area contributed by atoms with Gasteiger partial charge in [0.15, 0.2) is 0 Å². The first-order valence-corrected chi connectivity index (χ1v) is 27.6. The van der Waals surface area contributed by atoms with Gasteiger partial charge in [0.1, 0.15) is 45.7 Å². The molecule has 5 saturated heterocycles. The number of aromatic nitrogens is 6. The molecule has 24 nitrogen and oxygen atoms in total. The minimum Gasteiger partial charge on any atom is -0.469 e. The van der Waals surface area contributed by atoms with E-state index in [2.05, 4.69) is 31.2 Å². The Bertz CT molecular complexity index is 3360. The maximum absolute atomic E-state index is 16.4. The number of nitrogens with one attached hydrogen (secondary N) is 4. The largest absolute Gasteiger partial charge is 0.469 e. The van der Waals surface area contributed by atoms with Crippen molar-refractivity contribution in [3.05, 3.63) is 71.6 Å². The highest BCUT2D eigenvalue weighted by Crippen LogP contribution is 2.46. The molecule has 3 aromatic heterocycles. The number of amides is 6.